The number of likely N-dealkylation sites (tertiary alicyclic amines) is 1. The van der Waals surface area contributed by atoms with Crippen molar-refractivity contribution < 1.29 is 58.8 Å². The fourth-order valence-electron chi connectivity index (χ4n) is 8.69. The molecule has 294 valence electrons. The summed E-state index contributed by atoms with van der Waals surface area (Å²) in [5, 5.41) is 56.6. The van der Waals surface area contributed by atoms with Crippen LogP contribution < -0.4 is 5.32 Å². The average molecular weight is 729 g/mol. The quantitative estimate of drug-likeness (QED) is 0.159. The molecule has 0 aromatic carbocycles. The fourth-order valence-corrected chi connectivity index (χ4v) is 8.69. The minimum Gasteiger partial charge on any atom is -0.394 e. The molecule has 0 spiro atoms. The van der Waals surface area contributed by atoms with E-state index in [2.05, 4.69) is 19.2 Å². The van der Waals surface area contributed by atoms with Crippen LogP contribution >= 0.6 is 0 Å². The van der Waals surface area contributed by atoms with Gasteiger partial charge in [-0.2, -0.15) is 0 Å². The molecule has 0 radical (unpaired) electrons. The van der Waals surface area contributed by atoms with Crippen molar-refractivity contribution in [3.8, 4) is 0 Å². The SMILES string of the molecule is CC[C@@H]1CC(C(C)C)CC(O[C@@H]2O[C@@H](CO)C(O)C(O[C@@H](CC3CCCCC3)C(=O)N3CCC3)C2NC(C)=O)C1OC1OC(C)C(O)C(O)C1O. The van der Waals surface area contributed by atoms with Crippen molar-refractivity contribution in [1.29, 1.82) is 0 Å². The largest absolute Gasteiger partial charge is 0.394 e. The minimum absolute atomic E-state index is 0.0469. The molecule has 51 heavy (non-hydrogen) atoms. The number of ether oxygens (including phenoxy) is 5. The summed E-state index contributed by atoms with van der Waals surface area (Å²) in [5.74, 6) is 0.227. The summed E-state index contributed by atoms with van der Waals surface area (Å²) in [7, 11) is 0. The summed E-state index contributed by atoms with van der Waals surface area (Å²) in [4.78, 5) is 28.3. The summed E-state index contributed by atoms with van der Waals surface area (Å²) in [6, 6.07) is -1.05. The van der Waals surface area contributed by atoms with E-state index in [4.69, 9.17) is 23.7 Å². The van der Waals surface area contributed by atoms with Gasteiger partial charge in [-0.25, -0.2) is 0 Å². The van der Waals surface area contributed by atoms with E-state index < -0.39 is 92.2 Å². The molecular weight excluding hydrogens is 664 g/mol. The summed E-state index contributed by atoms with van der Waals surface area (Å²) in [6.07, 6.45) is -4.51. The van der Waals surface area contributed by atoms with Gasteiger partial charge in [-0.1, -0.05) is 59.3 Å². The Bertz CT molecular complexity index is 1120. The Kier molecular flexibility index (Phi) is 14.6. The predicted octanol–water partition coefficient (Wildman–Crippen LogP) is 1.22. The van der Waals surface area contributed by atoms with Gasteiger partial charge in [-0.15, -0.1) is 0 Å². The average Bonchev–Trinajstić information content (AvgIpc) is 3.08. The van der Waals surface area contributed by atoms with Crippen molar-refractivity contribution >= 4 is 11.8 Å². The lowest BCUT2D eigenvalue weighted by Gasteiger charge is -2.50. The smallest absolute Gasteiger partial charge is 0.251 e. The zero-order chi connectivity index (χ0) is 37.0. The lowest BCUT2D eigenvalue weighted by atomic mass is 9.72. The van der Waals surface area contributed by atoms with Crippen LogP contribution in [0.5, 0.6) is 0 Å². The van der Waals surface area contributed by atoms with Gasteiger partial charge in [0.1, 0.15) is 48.8 Å². The molecule has 0 bridgehead atoms. The van der Waals surface area contributed by atoms with Crippen molar-refractivity contribution in [3.05, 3.63) is 0 Å². The van der Waals surface area contributed by atoms with Crippen LogP contribution in [0, 0.1) is 23.7 Å². The number of nitrogens with one attached hydrogen (secondary N) is 1. The Balaban J connectivity index is 1.44. The Hall–Kier alpha value is -1.46. The first kappa shape index (κ1) is 40.7. The predicted molar refractivity (Wildman–Crippen MR) is 184 cm³/mol. The fraction of sp³-hybridized carbons (Fsp3) is 0.946. The number of hydrogen-bond donors (Lipinski definition) is 6. The van der Waals surface area contributed by atoms with Crippen molar-refractivity contribution in [3.63, 3.8) is 0 Å². The zero-order valence-corrected chi connectivity index (χ0v) is 31.0. The third-order valence-electron chi connectivity index (χ3n) is 12.1. The number of carbonyl (C=O) groups is 2. The molecule has 0 aromatic rings. The van der Waals surface area contributed by atoms with Crippen molar-refractivity contribution in [2.24, 2.45) is 23.7 Å². The highest BCUT2D eigenvalue weighted by atomic mass is 16.7. The molecule has 2 aliphatic carbocycles. The normalized spacial score (nSPS) is 41.6. The molecule has 0 aromatic heterocycles. The Morgan fingerprint density at radius 2 is 1.59 bits per heavy atom. The molecule has 5 fully saturated rings. The number of aliphatic hydroxyl groups excluding tert-OH is 5. The second kappa shape index (κ2) is 18.2. The van der Waals surface area contributed by atoms with Gasteiger partial charge in [0, 0.05) is 20.0 Å². The number of hydrogen-bond acceptors (Lipinski definition) is 12. The van der Waals surface area contributed by atoms with Gasteiger partial charge in [0.25, 0.3) is 5.91 Å². The van der Waals surface area contributed by atoms with E-state index in [0.29, 0.717) is 44.2 Å². The van der Waals surface area contributed by atoms with Gasteiger partial charge in [0.15, 0.2) is 12.6 Å². The first-order valence-electron chi connectivity index (χ1n) is 19.5. The van der Waals surface area contributed by atoms with Crippen LogP contribution in [-0.4, -0.2) is 142 Å². The van der Waals surface area contributed by atoms with Crippen LogP contribution in [0.1, 0.15) is 98.8 Å². The summed E-state index contributed by atoms with van der Waals surface area (Å²) in [5.41, 5.74) is 0. The van der Waals surface area contributed by atoms with Gasteiger partial charge < -0.3 is 59.4 Å². The van der Waals surface area contributed by atoms with Gasteiger partial charge in [0.2, 0.25) is 5.91 Å². The minimum atomic E-state index is -1.51. The maximum atomic E-state index is 13.8. The standard InChI is InChI=1S/C37H64N2O12/c1-6-23-16-24(19(2)3)17-25(33(23)51-37-32(45)31(44)29(42)20(4)47-37)49-36-28(38-21(5)41)34(30(43)27(18-40)50-36)48-26(35(46)39-13-10-14-39)15-22-11-8-7-9-12-22/h19-20,22-34,36-37,40,42-45H,6-18H2,1-5H3,(H,38,41)/t20?,23-,24?,25?,26+,27+,28?,29?,30?,31?,32?,33?,34?,36-,37?/m1/s1. The Labute approximate surface area is 302 Å². The van der Waals surface area contributed by atoms with Gasteiger partial charge >= 0.3 is 0 Å². The maximum Gasteiger partial charge on any atom is 0.251 e. The summed E-state index contributed by atoms with van der Waals surface area (Å²) >= 11 is 0. The number of amides is 2. The first-order valence-corrected chi connectivity index (χ1v) is 19.5. The molecule has 5 aliphatic rings. The summed E-state index contributed by atoms with van der Waals surface area (Å²) < 4.78 is 32.0. The molecule has 2 amide bonds. The number of carbonyl (C=O) groups excluding carboxylic acids is 2. The molecule has 14 heteroatoms. The van der Waals surface area contributed by atoms with Crippen LogP contribution in [0.2, 0.25) is 0 Å². The van der Waals surface area contributed by atoms with E-state index in [1.54, 1.807) is 11.8 Å². The number of rotatable bonds is 13. The molecule has 6 N–H and O–H groups in total. The van der Waals surface area contributed by atoms with Gasteiger partial charge in [0.05, 0.1) is 24.9 Å². The second-order valence-electron chi connectivity index (χ2n) is 16.1. The van der Waals surface area contributed by atoms with E-state index in [-0.39, 0.29) is 17.7 Å². The second-order valence-corrected chi connectivity index (χ2v) is 16.1. The van der Waals surface area contributed by atoms with Crippen LogP contribution in [0.25, 0.3) is 0 Å². The van der Waals surface area contributed by atoms with Gasteiger partial charge in [-0.3, -0.25) is 9.59 Å². The van der Waals surface area contributed by atoms with E-state index in [1.165, 1.54) is 13.3 Å². The maximum absolute atomic E-state index is 13.8. The molecule has 3 heterocycles. The molecule has 11 unspecified atom stereocenters. The molecular formula is C37H64N2O12. The van der Waals surface area contributed by atoms with Crippen LogP contribution in [-0.2, 0) is 33.3 Å². The van der Waals surface area contributed by atoms with Crippen molar-refractivity contribution in [1.82, 2.24) is 10.2 Å². The van der Waals surface area contributed by atoms with Crippen LogP contribution in [0.15, 0.2) is 0 Å². The van der Waals surface area contributed by atoms with E-state index in [0.717, 1.165) is 38.5 Å². The topological polar surface area (TPSA) is 197 Å². The number of nitrogens with zero attached hydrogens (tertiary/aromatic N) is 1. The molecule has 3 saturated heterocycles. The molecule has 3 aliphatic heterocycles. The third kappa shape index (κ3) is 9.62. The zero-order valence-electron chi connectivity index (χ0n) is 31.0. The van der Waals surface area contributed by atoms with Crippen molar-refractivity contribution in [2.75, 3.05) is 19.7 Å². The Morgan fingerprint density at radius 3 is 2.18 bits per heavy atom. The van der Waals surface area contributed by atoms with Crippen LogP contribution in [0.4, 0.5) is 0 Å². The van der Waals surface area contributed by atoms with Crippen molar-refractivity contribution in [2.45, 2.75) is 178 Å². The third-order valence-corrected chi connectivity index (χ3v) is 12.1. The van der Waals surface area contributed by atoms with Crippen LogP contribution in [0.3, 0.4) is 0 Å². The molecule has 15 atom stereocenters. The van der Waals surface area contributed by atoms with E-state index in [9.17, 15) is 35.1 Å². The van der Waals surface area contributed by atoms with E-state index in [1.807, 2.05) is 6.92 Å². The highest BCUT2D eigenvalue weighted by Crippen LogP contribution is 2.42. The van der Waals surface area contributed by atoms with Gasteiger partial charge in [-0.05, 0) is 56.3 Å². The first-order chi connectivity index (χ1) is 24.3. The molecule has 14 nitrogen and oxygen atoms in total. The highest BCUT2D eigenvalue weighted by molar-refractivity contribution is 5.81. The summed E-state index contributed by atoms with van der Waals surface area (Å²) in [6.45, 7) is 10.0. The van der Waals surface area contributed by atoms with E-state index >= 15 is 0 Å². The molecule has 2 saturated carbocycles. The highest BCUT2D eigenvalue weighted by Gasteiger charge is 2.52. The monoisotopic (exact) mass is 728 g/mol. The lowest BCUT2D eigenvalue weighted by Crippen LogP contribution is -2.67. The lowest BCUT2D eigenvalue weighted by molar-refractivity contribution is -0.339. The number of aliphatic hydroxyl groups is 5. The molecule has 5 rings (SSSR count). The Morgan fingerprint density at radius 1 is 0.882 bits per heavy atom.